The molecule has 0 fully saturated rings. The Kier molecular flexibility index (Phi) is 7.43. The standard InChI is InChI=1S/C15H20INO2S/c1-3-5-12-20(19,14(16)9-4-2)17-15(18)13-10-7-6-8-11-13/h3,6-8,10-11,14H,1,4-5,9,12H2,2H3. The highest BCUT2D eigenvalue weighted by molar-refractivity contribution is 14.1. The molecule has 0 heterocycles. The van der Waals surface area contributed by atoms with Gasteiger partial charge in [-0.1, -0.05) is 60.2 Å². The third-order valence-corrected chi connectivity index (χ3v) is 8.13. The molecule has 2 atom stereocenters. The van der Waals surface area contributed by atoms with E-state index in [4.69, 9.17) is 0 Å². The predicted octanol–water partition coefficient (Wildman–Crippen LogP) is 4.43. The number of allylic oxidation sites excluding steroid dienone is 1. The molecule has 0 N–H and O–H groups in total. The van der Waals surface area contributed by atoms with Crippen LogP contribution in [0.3, 0.4) is 0 Å². The number of hydrogen-bond donors (Lipinski definition) is 0. The fraction of sp³-hybridized carbons (Fsp3) is 0.400. The van der Waals surface area contributed by atoms with Crippen LogP contribution in [-0.2, 0) is 9.73 Å². The van der Waals surface area contributed by atoms with E-state index >= 15 is 0 Å². The first-order valence-electron chi connectivity index (χ1n) is 6.61. The number of carbonyl (C=O) groups excluding carboxylic acids is 1. The second-order valence-corrected chi connectivity index (χ2v) is 9.32. The molecule has 0 aliphatic heterocycles. The first-order chi connectivity index (χ1) is 9.53. The van der Waals surface area contributed by atoms with Gasteiger partial charge in [0.15, 0.2) is 0 Å². The summed E-state index contributed by atoms with van der Waals surface area (Å²) < 4.78 is 16.9. The van der Waals surface area contributed by atoms with Crippen molar-refractivity contribution in [2.45, 2.75) is 29.4 Å². The molecular weight excluding hydrogens is 385 g/mol. The van der Waals surface area contributed by atoms with Gasteiger partial charge in [-0.3, -0.25) is 4.79 Å². The normalized spacial score (nSPS) is 15.1. The zero-order chi connectivity index (χ0) is 15.0. The van der Waals surface area contributed by atoms with E-state index in [0.717, 1.165) is 12.8 Å². The van der Waals surface area contributed by atoms with E-state index in [1.165, 1.54) is 0 Å². The first kappa shape index (κ1) is 17.4. The molecule has 1 amide bonds. The molecule has 0 saturated heterocycles. The van der Waals surface area contributed by atoms with Crippen LogP contribution in [0, 0.1) is 0 Å². The number of carbonyl (C=O) groups is 1. The van der Waals surface area contributed by atoms with E-state index in [-0.39, 0.29) is 3.26 Å². The summed E-state index contributed by atoms with van der Waals surface area (Å²) in [6.45, 7) is 5.69. The van der Waals surface area contributed by atoms with Gasteiger partial charge >= 0.3 is 0 Å². The Bertz CT molecular complexity index is 562. The van der Waals surface area contributed by atoms with Crippen LogP contribution in [0.15, 0.2) is 47.3 Å². The van der Waals surface area contributed by atoms with Crippen LogP contribution < -0.4 is 0 Å². The van der Waals surface area contributed by atoms with Crippen LogP contribution in [0.2, 0.25) is 0 Å². The van der Waals surface area contributed by atoms with Crippen molar-refractivity contribution in [3.8, 4) is 0 Å². The molecule has 1 rings (SSSR count). The summed E-state index contributed by atoms with van der Waals surface area (Å²) in [7, 11) is -2.55. The molecule has 0 bridgehead atoms. The third-order valence-electron chi connectivity index (χ3n) is 2.79. The maximum atomic E-state index is 13.0. The average molecular weight is 405 g/mol. The molecule has 0 saturated carbocycles. The summed E-state index contributed by atoms with van der Waals surface area (Å²) in [6, 6.07) is 8.79. The zero-order valence-electron chi connectivity index (χ0n) is 11.6. The van der Waals surface area contributed by atoms with Crippen LogP contribution in [0.5, 0.6) is 0 Å². The van der Waals surface area contributed by atoms with Gasteiger partial charge in [-0.15, -0.1) is 6.58 Å². The van der Waals surface area contributed by atoms with E-state index in [1.54, 1.807) is 30.3 Å². The van der Waals surface area contributed by atoms with E-state index in [0.29, 0.717) is 17.7 Å². The van der Waals surface area contributed by atoms with Gasteiger partial charge in [-0.05, 0) is 25.0 Å². The molecule has 1 aromatic carbocycles. The van der Waals surface area contributed by atoms with Crippen molar-refractivity contribution in [2.75, 3.05) is 5.75 Å². The van der Waals surface area contributed by atoms with E-state index < -0.39 is 15.6 Å². The smallest absolute Gasteiger partial charge is 0.266 e. The van der Waals surface area contributed by atoms with Gasteiger partial charge in [0.2, 0.25) is 0 Å². The zero-order valence-corrected chi connectivity index (χ0v) is 14.6. The monoisotopic (exact) mass is 405 g/mol. The van der Waals surface area contributed by atoms with Gasteiger partial charge in [-0.2, -0.15) is 4.36 Å². The summed E-state index contributed by atoms with van der Waals surface area (Å²) in [5, 5.41) is 0. The molecule has 5 heteroatoms. The summed E-state index contributed by atoms with van der Waals surface area (Å²) in [5.41, 5.74) is 0.485. The molecule has 20 heavy (non-hydrogen) atoms. The van der Waals surface area contributed by atoms with Crippen molar-refractivity contribution in [3.05, 3.63) is 48.6 Å². The average Bonchev–Trinajstić information content (AvgIpc) is 2.46. The predicted molar refractivity (Wildman–Crippen MR) is 93.7 cm³/mol. The lowest BCUT2D eigenvalue weighted by molar-refractivity contribution is 0.100. The lowest BCUT2D eigenvalue weighted by Crippen LogP contribution is -2.19. The Labute approximate surface area is 135 Å². The minimum Gasteiger partial charge on any atom is -0.266 e. The molecule has 110 valence electrons. The van der Waals surface area contributed by atoms with Gasteiger partial charge < -0.3 is 0 Å². The van der Waals surface area contributed by atoms with E-state index in [9.17, 15) is 9.00 Å². The largest absolute Gasteiger partial charge is 0.285 e. The van der Waals surface area contributed by atoms with Crippen molar-refractivity contribution in [1.82, 2.24) is 0 Å². The third kappa shape index (κ3) is 5.01. The van der Waals surface area contributed by atoms with Gasteiger partial charge in [0.25, 0.3) is 5.91 Å². The van der Waals surface area contributed by atoms with Crippen LogP contribution >= 0.6 is 22.6 Å². The quantitative estimate of drug-likeness (QED) is 0.383. The van der Waals surface area contributed by atoms with Gasteiger partial charge in [-0.25, -0.2) is 4.21 Å². The van der Waals surface area contributed by atoms with Crippen molar-refractivity contribution in [2.24, 2.45) is 4.36 Å². The van der Waals surface area contributed by atoms with Crippen LogP contribution in [0.25, 0.3) is 0 Å². The Morgan fingerprint density at radius 1 is 1.45 bits per heavy atom. The molecule has 0 spiro atoms. The van der Waals surface area contributed by atoms with Crippen molar-refractivity contribution in [3.63, 3.8) is 0 Å². The Hall–Kier alpha value is -0.690. The number of benzene rings is 1. The number of rotatable bonds is 7. The molecule has 2 unspecified atom stereocenters. The molecule has 0 radical (unpaired) electrons. The maximum Gasteiger partial charge on any atom is 0.285 e. The van der Waals surface area contributed by atoms with Crippen molar-refractivity contribution >= 4 is 38.2 Å². The lowest BCUT2D eigenvalue weighted by Gasteiger charge is -2.14. The second kappa shape index (κ2) is 8.56. The topological polar surface area (TPSA) is 46.5 Å². The van der Waals surface area contributed by atoms with Gasteiger partial charge in [0.1, 0.15) is 0 Å². The number of hydrogen-bond acceptors (Lipinski definition) is 2. The number of nitrogens with zero attached hydrogens (tertiary/aromatic N) is 1. The van der Waals surface area contributed by atoms with Crippen LogP contribution in [0.4, 0.5) is 0 Å². The number of halogens is 1. The minimum atomic E-state index is -2.55. The Morgan fingerprint density at radius 2 is 2.10 bits per heavy atom. The molecule has 3 nitrogen and oxygen atoms in total. The second-order valence-electron chi connectivity index (χ2n) is 4.43. The fourth-order valence-electron chi connectivity index (χ4n) is 1.67. The summed E-state index contributed by atoms with van der Waals surface area (Å²) in [5.74, 6) is 0.000281. The fourth-order valence-corrected chi connectivity index (χ4v) is 5.35. The number of alkyl halides is 1. The molecular formula is C15H20INO2S. The van der Waals surface area contributed by atoms with Gasteiger partial charge in [0, 0.05) is 11.3 Å². The first-order valence-corrected chi connectivity index (χ1v) is 9.60. The van der Waals surface area contributed by atoms with Crippen LogP contribution in [0.1, 0.15) is 36.5 Å². The highest BCUT2D eigenvalue weighted by Gasteiger charge is 2.21. The summed E-state index contributed by atoms with van der Waals surface area (Å²) >= 11 is 2.16. The van der Waals surface area contributed by atoms with E-state index in [1.807, 2.05) is 13.0 Å². The van der Waals surface area contributed by atoms with Crippen LogP contribution in [-0.4, -0.2) is 19.1 Å². The van der Waals surface area contributed by atoms with Crippen molar-refractivity contribution < 1.29 is 9.00 Å². The SMILES string of the molecule is C=CCCS(=O)(=NC(=O)c1ccccc1)C(I)CCC. The highest BCUT2D eigenvalue weighted by Crippen LogP contribution is 2.21. The minimum absolute atomic E-state index is 0.113. The van der Waals surface area contributed by atoms with E-state index in [2.05, 4.69) is 33.5 Å². The Balaban J connectivity index is 3.09. The summed E-state index contributed by atoms with van der Waals surface area (Å²) in [4.78, 5) is 12.2. The lowest BCUT2D eigenvalue weighted by atomic mass is 10.2. The molecule has 0 aliphatic rings. The molecule has 0 aliphatic carbocycles. The number of amides is 1. The van der Waals surface area contributed by atoms with Crippen molar-refractivity contribution in [1.29, 1.82) is 0 Å². The molecule has 0 aromatic heterocycles. The summed E-state index contributed by atoms with van der Waals surface area (Å²) in [6.07, 6.45) is 4.04. The highest BCUT2D eigenvalue weighted by atomic mass is 127. The Morgan fingerprint density at radius 3 is 2.65 bits per heavy atom. The molecule has 1 aromatic rings. The maximum absolute atomic E-state index is 13.0. The van der Waals surface area contributed by atoms with Gasteiger partial charge in [0.05, 0.1) is 13.0 Å².